The summed E-state index contributed by atoms with van der Waals surface area (Å²) in [5.41, 5.74) is -1.31. The Labute approximate surface area is 201 Å². The van der Waals surface area contributed by atoms with Crippen LogP contribution in [-0.4, -0.2) is 61.1 Å². The standard InChI is InChI=1S/C13H24Cl6O8P2/c1-12(2,11-26-28(20,22-7-3-14)23-8-4-15)13(18,19)27-29(21,24-9-5-16)25-10-6-17/h3-11H2,1-2H3. The Balaban J connectivity index is 5.28. The number of alkyl halides is 6. The van der Waals surface area contributed by atoms with E-state index in [4.69, 9.17) is 96.7 Å². The van der Waals surface area contributed by atoms with Crippen LogP contribution in [0.5, 0.6) is 0 Å². The lowest BCUT2D eigenvalue weighted by Crippen LogP contribution is -2.40. The van der Waals surface area contributed by atoms with Crippen LogP contribution in [0.4, 0.5) is 0 Å². The zero-order valence-corrected chi connectivity index (χ0v) is 22.1. The first-order valence-electron chi connectivity index (χ1n) is 8.16. The van der Waals surface area contributed by atoms with Crippen LogP contribution < -0.4 is 0 Å². The summed E-state index contributed by atoms with van der Waals surface area (Å²) >= 11 is 34.7. The molecule has 0 rings (SSSR count). The van der Waals surface area contributed by atoms with E-state index in [0.29, 0.717) is 0 Å². The first kappa shape index (κ1) is 31.0. The maximum absolute atomic E-state index is 12.7. The average Bonchev–Trinajstić information content (AvgIpc) is 2.66. The van der Waals surface area contributed by atoms with Gasteiger partial charge in [-0.25, -0.2) is 13.7 Å². The van der Waals surface area contributed by atoms with Crippen molar-refractivity contribution < 1.29 is 36.3 Å². The van der Waals surface area contributed by atoms with Crippen LogP contribution in [0.3, 0.4) is 0 Å². The van der Waals surface area contributed by atoms with E-state index in [9.17, 15) is 9.13 Å². The molecule has 0 fully saturated rings. The summed E-state index contributed by atoms with van der Waals surface area (Å²) in [6.07, 6.45) is 0. The molecule has 0 radical (unpaired) electrons. The topological polar surface area (TPSA) is 89.5 Å². The minimum Gasteiger partial charge on any atom is -0.286 e. The third-order valence-electron chi connectivity index (χ3n) is 2.90. The fourth-order valence-corrected chi connectivity index (χ4v) is 5.40. The molecule has 0 aromatic rings. The Morgan fingerprint density at radius 3 is 1.34 bits per heavy atom. The van der Waals surface area contributed by atoms with Gasteiger partial charge in [-0.2, -0.15) is 0 Å². The Kier molecular flexibility index (Phi) is 16.0. The van der Waals surface area contributed by atoms with Gasteiger partial charge in [0.15, 0.2) is 0 Å². The van der Waals surface area contributed by atoms with Gasteiger partial charge in [0.2, 0.25) is 4.52 Å². The number of halogens is 6. The molecular weight excluding hydrogens is 559 g/mol. The molecule has 29 heavy (non-hydrogen) atoms. The van der Waals surface area contributed by atoms with Crippen LogP contribution in [0.15, 0.2) is 0 Å². The molecule has 0 saturated carbocycles. The summed E-state index contributed by atoms with van der Waals surface area (Å²) < 4.78 is 53.9. The lowest BCUT2D eigenvalue weighted by Gasteiger charge is -2.37. The van der Waals surface area contributed by atoms with E-state index in [1.807, 2.05) is 0 Å². The molecule has 0 heterocycles. The van der Waals surface area contributed by atoms with Crippen molar-refractivity contribution in [3.63, 3.8) is 0 Å². The number of phosphoric acid groups is 2. The van der Waals surface area contributed by atoms with Gasteiger partial charge >= 0.3 is 15.6 Å². The van der Waals surface area contributed by atoms with Gasteiger partial charge in [0.25, 0.3) is 0 Å². The molecule has 16 heteroatoms. The molecule has 0 saturated heterocycles. The average molecular weight is 583 g/mol. The molecule has 0 unspecified atom stereocenters. The van der Waals surface area contributed by atoms with Crippen molar-refractivity contribution >= 4 is 85.3 Å². The molecule has 0 aliphatic heterocycles. The summed E-state index contributed by atoms with van der Waals surface area (Å²) in [7, 11) is -8.24. The van der Waals surface area contributed by atoms with Crippen LogP contribution in [0, 0.1) is 5.41 Å². The summed E-state index contributed by atoms with van der Waals surface area (Å²) in [4.78, 5) is 0. The van der Waals surface area contributed by atoms with Gasteiger partial charge in [-0.1, -0.05) is 37.0 Å². The number of phosphoric ester groups is 2. The highest BCUT2D eigenvalue weighted by molar-refractivity contribution is 7.48. The Hall–Kier alpha value is 1.96. The maximum atomic E-state index is 12.7. The van der Waals surface area contributed by atoms with Crippen LogP contribution in [0.1, 0.15) is 13.8 Å². The minimum absolute atomic E-state index is 0.0145. The summed E-state index contributed by atoms with van der Waals surface area (Å²) in [5.74, 6) is 0.136. The van der Waals surface area contributed by atoms with Gasteiger partial charge in [-0.15, -0.1) is 46.4 Å². The molecule has 0 spiro atoms. The normalized spacial score (nSPS) is 13.8. The van der Waals surface area contributed by atoms with Gasteiger partial charge in [0, 0.05) is 28.9 Å². The second-order valence-electron chi connectivity index (χ2n) is 5.75. The van der Waals surface area contributed by atoms with E-state index >= 15 is 0 Å². The maximum Gasteiger partial charge on any atom is 0.477 e. The first-order valence-corrected chi connectivity index (χ1v) is 14.0. The van der Waals surface area contributed by atoms with Gasteiger partial charge < -0.3 is 0 Å². The fourth-order valence-electron chi connectivity index (χ4n) is 1.38. The van der Waals surface area contributed by atoms with Crippen LogP contribution in [0.2, 0.25) is 0 Å². The summed E-state index contributed by atoms with van der Waals surface area (Å²) in [6.45, 7) is 2.08. The molecule has 0 aromatic carbocycles. The largest absolute Gasteiger partial charge is 0.477 e. The van der Waals surface area contributed by atoms with Crippen molar-refractivity contribution in [3.05, 3.63) is 0 Å². The predicted octanol–water partition coefficient (Wildman–Crippen LogP) is 6.42. The Morgan fingerprint density at radius 2 is 1.00 bits per heavy atom. The zero-order valence-electron chi connectivity index (χ0n) is 15.8. The minimum atomic E-state index is -4.22. The van der Waals surface area contributed by atoms with Crippen molar-refractivity contribution in [2.75, 3.05) is 56.6 Å². The van der Waals surface area contributed by atoms with E-state index in [-0.39, 0.29) is 49.9 Å². The van der Waals surface area contributed by atoms with Crippen LogP contribution in [0.25, 0.3) is 0 Å². The molecule has 0 aliphatic rings. The second-order valence-corrected chi connectivity index (χ2v) is 11.8. The van der Waals surface area contributed by atoms with E-state index in [0.717, 1.165) is 0 Å². The van der Waals surface area contributed by atoms with E-state index < -0.39 is 32.2 Å². The number of hydrogen-bond donors (Lipinski definition) is 0. The molecule has 0 N–H and O–H groups in total. The zero-order chi connectivity index (χ0) is 22.6. The van der Waals surface area contributed by atoms with Crippen molar-refractivity contribution in [1.29, 1.82) is 0 Å². The monoisotopic (exact) mass is 580 g/mol. The van der Waals surface area contributed by atoms with Crippen molar-refractivity contribution in [2.45, 2.75) is 18.4 Å². The molecule has 0 amide bonds. The quantitative estimate of drug-likeness (QED) is 0.135. The van der Waals surface area contributed by atoms with Gasteiger partial charge in [0.1, 0.15) is 0 Å². The molecule has 176 valence electrons. The Morgan fingerprint density at radius 1 is 0.655 bits per heavy atom. The van der Waals surface area contributed by atoms with Crippen molar-refractivity contribution in [1.82, 2.24) is 0 Å². The fraction of sp³-hybridized carbons (Fsp3) is 1.00. The number of hydrogen-bond acceptors (Lipinski definition) is 8. The van der Waals surface area contributed by atoms with E-state index in [1.54, 1.807) is 0 Å². The molecular formula is C13H24Cl6O8P2. The van der Waals surface area contributed by atoms with Gasteiger partial charge in [-0.3, -0.25) is 22.6 Å². The smallest absolute Gasteiger partial charge is 0.286 e. The van der Waals surface area contributed by atoms with Crippen LogP contribution >= 0.6 is 85.3 Å². The molecule has 0 aromatic heterocycles. The third kappa shape index (κ3) is 12.1. The highest BCUT2D eigenvalue weighted by atomic mass is 35.5. The summed E-state index contributed by atoms with van der Waals surface area (Å²) in [5, 5.41) is 0. The highest BCUT2D eigenvalue weighted by Gasteiger charge is 2.51. The summed E-state index contributed by atoms with van der Waals surface area (Å²) in [6, 6.07) is 0. The molecule has 0 bridgehead atoms. The first-order chi connectivity index (χ1) is 13.4. The van der Waals surface area contributed by atoms with Crippen molar-refractivity contribution in [2.24, 2.45) is 5.41 Å². The lowest BCUT2D eigenvalue weighted by molar-refractivity contribution is 0.00618. The third-order valence-corrected chi connectivity index (χ3v) is 7.85. The van der Waals surface area contributed by atoms with E-state index in [2.05, 4.69) is 0 Å². The number of rotatable bonds is 18. The van der Waals surface area contributed by atoms with Crippen molar-refractivity contribution in [3.8, 4) is 0 Å². The SMILES string of the molecule is CC(C)(COP(=O)(OCCCl)OCCCl)C(Cl)(Cl)OP(=O)(OCCCl)OCCCl. The van der Waals surface area contributed by atoms with Gasteiger partial charge in [0.05, 0.1) is 33.0 Å². The Bertz CT molecular complexity index is 529. The highest BCUT2D eigenvalue weighted by Crippen LogP contribution is 2.60. The van der Waals surface area contributed by atoms with Gasteiger partial charge in [-0.05, 0) is 0 Å². The predicted molar refractivity (Wildman–Crippen MR) is 117 cm³/mol. The van der Waals surface area contributed by atoms with Crippen LogP contribution in [-0.2, 0) is 36.3 Å². The second kappa shape index (κ2) is 15.0. The molecule has 8 nitrogen and oxygen atoms in total. The molecule has 0 atom stereocenters. The van der Waals surface area contributed by atoms with E-state index in [1.165, 1.54) is 13.8 Å². The molecule has 0 aliphatic carbocycles. The lowest BCUT2D eigenvalue weighted by atomic mass is 9.96.